The van der Waals surface area contributed by atoms with Crippen LogP contribution in [0.4, 0.5) is 0 Å². The minimum atomic E-state index is -3.33. The first-order valence-electron chi connectivity index (χ1n) is 5.85. The van der Waals surface area contributed by atoms with Gasteiger partial charge in [-0.25, -0.2) is 0 Å². The molecule has 0 saturated heterocycles. The average molecular weight is 336 g/mol. The van der Waals surface area contributed by atoms with Crippen molar-refractivity contribution in [3.63, 3.8) is 0 Å². The molecule has 18 heavy (non-hydrogen) atoms. The van der Waals surface area contributed by atoms with Gasteiger partial charge < -0.3 is 14.8 Å². The van der Waals surface area contributed by atoms with E-state index in [9.17, 15) is 4.57 Å². The highest BCUT2D eigenvalue weighted by atomic mass is 79.9. The highest BCUT2D eigenvalue weighted by molar-refractivity contribution is 9.10. The molecule has 0 spiro atoms. The second-order valence-corrected chi connectivity index (χ2v) is 6.85. The Morgan fingerprint density at radius 2 is 1.89 bits per heavy atom. The first-order valence-corrected chi connectivity index (χ1v) is 8.25. The van der Waals surface area contributed by atoms with Crippen molar-refractivity contribution in [2.24, 2.45) is 5.73 Å². The Balaban J connectivity index is 3.09. The van der Waals surface area contributed by atoms with Crippen molar-refractivity contribution < 1.29 is 13.6 Å². The third-order valence-electron chi connectivity index (χ3n) is 2.43. The molecular formula is C12H19BrNO3P. The average Bonchev–Trinajstić information content (AvgIpc) is 2.29. The number of halogens is 1. The Kier molecular flexibility index (Phi) is 6.02. The van der Waals surface area contributed by atoms with E-state index in [4.69, 9.17) is 14.8 Å². The molecule has 2 N–H and O–H groups in total. The monoisotopic (exact) mass is 335 g/mol. The maximum absolute atomic E-state index is 12.6. The summed E-state index contributed by atoms with van der Waals surface area (Å²) in [5, 5.41) is 0. The second-order valence-electron chi connectivity index (χ2n) is 3.85. The van der Waals surface area contributed by atoms with Crippen LogP contribution in [-0.2, 0) is 13.6 Å². The Morgan fingerprint density at radius 1 is 1.33 bits per heavy atom. The van der Waals surface area contributed by atoms with Gasteiger partial charge in [0.15, 0.2) is 0 Å². The summed E-state index contributed by atoms with van der Waals surface area (Å²) < 4.78 is 23.9. The van der Waals surface area contributed by atoms with E-state index in [2.05, 4.69) is 15.9 Å². The largest absolute Gasteiger partial charge is 0.351 e. The summed E-state index contributed by atoms with van der Waals surface area (Å²) in [6.07, 6.45) is 0. The van der Waals surface area contributed by atoms with E-state index in [0.29, 0.717) is 13.2 Å². The van der Waals surface area contributed by atoms with Gasteiger partial charge in [-0.05, 0) is 38.0 Å². The summed E-state index contributed by atoms with van der Waals surface area (Å²) in [5.41, 5.74) is 7.88. The molecule has 1 atom stereocenters. The molecule has 1 rings (SSSR count). The Hall–Kier alpha value is -0.190. The summed E-state index contributed by atoms with van der Waals surface area (Å²) in [6.45, 7) is 6.11. The number of benzene rings is 1. The number of aryl methyl sites for hydroxylation is 1. The molecule has 6 heteroatoms. The smallest absolute Gasteiger partial charge is 0.314 e. The third kappa shape index (κ3) is 3.65. The SMILES string of the molecule is CCOP(=O)(OCC)[C@@H](N)c1ccc(C)cc1Br. The van der Waals surface area contributed by atoms with E-state index < -0.39 is 13.4 Å². The molecule has 0 heterocycles. The van der Waals surface area contributed by atoms with Crippen LogP contribution in [0.2, 0.25) is 0 Å². The van der Waals surface area contributed by atoms with E-state index in [1.165, 1.54) is 0 Å². The van der Waals surface area contributed by atoms with Crippen LogP contribution in [0.3, 0.4) is 0 Å². The van der Waals surface area contributed by atoms with Crippen LogP contribution < -0.4 is 5.73 Å². The summed E-state index contributed by atoms with van der Waals surface area (Å²) in [6, 6.07) is 5.69. The van der Waals surface area contributed by atoms with E-state index >= 15 is 0 Å². The van der Waals surface area contributed by atoms with Crippen molar-refractivity contribution in [1.82, 2.24) is 0 Å². The van der Waals surface area contributed by atoms with Gasteiger partial charge >= 0.3 is 7.60 Å². The van der Waals surface area contributed by atoms with Crippen LogP contribution in [-0.4, -0.2) is 13.2 Å². The van der Waals surface area contributed by atoms with Crippen LogP contribution in [0.5, 0.6) is 0 Å². The Labute approximate surface area is 117 Å². The highest BCUT2D eigenvalue weighted by Crippen LogP contribution is 2.59. The van der Waals surface area contributed by atoms with Crippen molar-refractivity contribution in [2.75, 3.05) is 13.2 Å². The summed E-state index contributed by atoms with van der Waals surface area (Å²) >= 11 is 3.43. The molecule has 0 aliphatic carbocycles. The molecule has 0 bridgehead atoms. The summed E-state index contributed by atoms with van der Waals surface area (Å²) in [5.74, 6) is -0.785. The molecule has 0 unspecified atom stereocenters. The molecule has 4 nitrogen and oxygen atoms in total. The molecule has 102 valence electrons. The topological polar surface area (TPSA) is 61.5 Å². The zero-order valence-corrected chi connectivity index (χ0v) is 13.3. The third-order valence-corrected chi connectivity index (χ3v) is 5.32. The number of nitrogens with two attached hydrogens (primary N) is 1. The van der Waals surface area contributed by atoms with E-state index in [0.717, 1.165) is 15.6 Å². The van der Waals surface area contributed by atoms with E-state index in [-0.39, 0.29) is 0 Å². The molecule has 0 aliphatic heterocycles. The first-order chi connectivity index (χ1) is 8.44. The van der Waals surface area contributed by atoms with Crippen LogP contribution in [0.1, 0.15) is 30.8 Å². The zero-order chi connectivity index (χ0) is 13.8. The van der Waals surface area contributed by atoms with Gasteiger partial charge in [0, 0.05) is 4.47 Å². The fourth-order valence-corrected chi connectivity index (χ4v) is 4.20. The lowest BCUT2D eigenvalue weighted by Crippen LogP contribution is -2.15. The van der Waals surface area contributed by atoms with Crippen molar-refractivity contribution in [3.8, 4) is 0 Å². The lowest BCUT2D eigenvalue weighted by atomic mass is 10.1. The quantitative estimate of drug-likeness (QED) is 0.798. The predicted molar refractivity (Wildman–Crippen MR) is 76.7 cm³/mol. The van der Waals surface area contributed by atoms with Crippen LogP contribution >= 0.6 is 23.5 Å². The van der Waals surface area contributed by atoms with Gasteiger partial charge in [-0.2, -0.15) is 0 Å². The fourth-order valence-electron chi connectivity index (χ4n) is 1.60. The molecule has 0 fully saturated rings. The molecular weight excluding hydrogens is 317 g/mol. The Bertz CT molecular complexity index is 443. The molecule has 1 aromatic carbocycles. The van der Waals surface area contributed by atoms with Gasteiger partial charge in [0.2, 0.25) is 0 Å². The van der Waals surface area contributed by atoms with Gasteiger partial charge in [-0.3, -0.25) is 4.57 Å². The fraction of sp³-hybridized carbons (Fsp3) is 0.500. The van der Waals surface area contributed by atoms with Crippen molar-refractivity contribution in [3.05, 3.63) is 33.8 Å². The number of hydrogen-bond acceptors (Lipinski definition) is 4. The van der Waals surface area contributed by atoms with Crippen LogP contribution in [0, 0.1) is 6.92 Å². The van der Waals surface area contributed by atoms with Gasteiger partial charge in [0.25, 0.3) is 0 Å². The molecule has 0 aromatic heterocycles. The van der Waals surface area contributed by atoms with Crippen molar-refractivity contribution >= 4 is 23.5 Å². The van der Waals surface area contributed by atoms with Crippen LogP contribution in [0.25, 0.3) is 0 Å². The molecule has 0 amide bonds. The van der Waals surface area contributed by atoms with E-state index in [1.54, 1.807) is 13.8 Å². The second kappa shape index (κ2) is 6.83. The lowest BCUT2D eigenvalue weighted by Gasteiger charge is -2.24. The number of rotatable bonds is 6. The van der Waals surface area contributed by atoms with Crippen LogP contribution in [0.15, 0.2) is 22.7 Å². The maximum Gasteiger partial charge on any atom is 0.351 e. The van der Waals surface area contributed by atoms with E-state index in [1.807, 2.05) is 25.1 Å². The zero-order valence-electron chi connectivity index (χ0n) is 10.9. The molecule has 0 aliphatic rings. The Morgan fingerprint density at radius 3 is 2.33 bits per heavy atom. The minimum Gasteiger partial charge on any atom is -0.314 e. The molecule has 0 radical (unpaired) electrons. The maximum atomic E-state index is 12.6. The normalized spacial score (nSPS) is 13.6. The minimum absolute atomic E-state index is 0.300. The van der Waals surface area contributed by atoms with Gasteiger partial charge in [0.1, 0.15) is 5.78 Å². The lowest BCUT2D eigenvalue weighted by molar-refractivity contribution is 0.212. The van der Waals surface area contributed by atoms with Gasteiger partial charge in [-0.15, -0.1) is 0 Å². The highest BCUT2D eigenvalue weighted by Gasteiger charge is 2.34. The summed E-state index contributed by atoms with van der Waals surface area (Å²) in [4.78, 5) is 0. The molecule has 1 aromatic rings. The van der Waals surface area contributed by atoms with Crippen molar-refractivity contribution in [1.29, 1.82) is 0 Å². The number of hydrogen-bond donors (Lipinski definition) is 1. The standard InChI is InChI=1S/C12H19BrNO3P/c1-4-16-18(15,17-5-2)12(14)10-7-6-9(3)8-11(10)13/h6-8,12H,4-5,14H2,1-3H3/t12-/m1/s1. The van der Waals surface area contributed by atoms with Gasteiger partial charge in [-0.1, -0.05) is 28.1 Å². The van der Waals surface area contributed by atoms with Gasteiger partial charge in [0.05, 0.1) is 13.2 Å². The first kappa shape index (κ1) is 15.9. The predicted octanol–water partition coefficient (Wildman–Crippen LogP) is 3.98. The molecule has 0 saturated carbocycles. The summed E-state index contributed by atoms with van der Waals surface area (Å²) in [7, 11) is -3.33. The van der Waals surface area contributed by atoms with Crippen molar-refractivity contribution in [2.45, 2.75) is 26.6 Å².